The Morgan fingerprint density at radius 2 is 2.33 bits per heavy atom. The van der Waals surface area contributed by atoms with Crippen LogP contribution in [-0.4, -0.2) is 23.5 Å². The Kier molecular flexibility index (Phi) is 3.67. The average Bonchev–Trinajstić information content (AvgIpc) is 2.29. The number of rotatable bonds is 3. The fourth-order valence-corrected chi connectivity index (χ4v) is 2.93. The minimum atomic E-state index is -0.126. The standard InChI is InChI=1S/C12H17NOS/c13-11(8-14)7-9-3-4-12-10(6-9)2-1-5-15-12/h3-4,6,11,14H,1-2,5,7-8,13H2. The summed E-state index contributed by atoms with van der Waals surface area (Å²) in [5, 5.41) is 8.91. The topological polar surface area (TPSA) is 46.2 Å². The summed E-state index contributed by atoms with van der Waals surface area (Å²) in [6.45, 7) is 0.0613. The molecule has 2 rings (SSSR count). The number of benzene rings is 1. The van der Waals surface area contributed by atoms with E-state index in [0.29, 0.717) is 0 Å². The number of hydrogen-bond donors (Lipinski definition) is 2. The molecule has 0 bridgehead atoms. The normalized spacial score (nSPS) is 17.2. The number of aliphatic hydroxyl groups is 1. The first-order chi connectivity index (χ1) is 7.29. The molecule has 2 nitrogen and oxygen atoms in total. The van der Waals surface area contributed by atoms with Gasteiger partial charge in [0.2, 0.25) is 0 Å². The fourth-order valence-electron chi connectivity index (χ4n) is 1.91. The van der Waals surface area contributed by atoms with Crippen molar-refractivity contribution < 1.29 is 5.11 Å². The highest BCUT2D eigenvalue weighted by Gasteiger charge is 2.11. The molecule has 0 aliphatic carbocycles. The van der Waals surface area contributed by atoms with Crippen LogP contribution in [0.25, 0.3) is 0 Å². The summed E-state index contributed by atoms with van der Waals surface area (Å²) >= 11 is 1.94. The van der Waals surface area contributed by atoms with E-state index in [-0.39, 0.29) is 12.6 Å². The molecule has 15 heavy (non-hydrogen) atoms. The van der Waals surface area contributed by atoms with Gasteiger partial charge in [-0.1, -0.05) is 12.1 Å². The summed E-state index contributed by atoms with van der Waals surface area (Å²) in [5.41, 5.74) is 8.43. The zero-order valence-electron chi connectivity index (χ0n) is 8.78. The summed E-state index contributed by atoms with van der Waals surface area (Å²) in [6.07, 6.45) is 3.23. The summed E-state index contributed by atoms with van der Waals surface area (Å²) < 4.78 is 0. The molecule has 3 N–H and O–H groups in total. The second-order valence-electron chi connectivity index (χ2n) is 4.04. The lowest BCUT2D eigenvalue weighted by molar-refractivity contribution is 0.265. The largest absolute Gasteiger partial charge is 0.395 e. The number of fused-ring (bicyclic) bond motifs is 1. The van der Waals surface area contributed by atoms with Crippen LogP contribution in [0, 0.1) is 0 Å². The van der Waals surface area contributed by atoms with Crippen molar-refractivity contribution in [2.75, 3.05) is 12.4 Å². The minimum absolute atomic E-state index is 0.0613. The van der Waals surface area contributed by atoms with Crippen molar-refractivity contribution in [1.82, 2.24) is 0 Å². The van der Waals surface area contributed by atoms with Gasteiger partial charge in [-0.15, -0.1) is 11.8 Å². The van der Waals surface area contributed by atoms with E-state index in [1.54, 1.807) is 0 Å². The summed E-state index contributed by atoms with van der Waals surface area (Å²) in [7, 11) is 0. The maximum absolute atomic E-state index is 8.91. The molecule has 0 saturated carbocycles. The van der Waals surface area contributed by atoms with Gasteiger partial charge in [-0.2, -0.15) is 0 Å². The Hall–Kier alpha value is -0.510. The molecule has 0 saturated heterocycles. The van der Waals surface area contributed by atoms with Gasteiger partial charge in [0.1, 0.15) is 0 Å². The van der Waals surface area contributed by atoms with E-state index in [0.717, 1.165) is 6.42 Å². The lowest BCUT2D eigenvalue weighted by atomic mass is 10.0. The third-order valence-electron chi connectivity index (χ3n) is 2.71. The molecule has 1 aromatic carbocycles. The monoisotopic (exact) mass is 223 g/mol. The van der Waals surface area contributed by atoms with Crippen molar-refractivity contribution in [2.45, 2.75) is 30.2 Å². The number of aliphatic hydroxyl groups excluding tert-OH is 1. The van der Waals surface area contributed by atoms with Gasteiger partial charge in [-0.05, 0) is 42.2 Å². The molecule has 1 aliphatic heterocycles. The smallest absolute Gasteiger partial charge is 0.0585 e. The molecule has 1 unspecified atom stereocenters. The molecule has 1 aromatic rings. The predicted octanol–water partition coefficient (Wildman–Crippen LogP) is 1.59. The minimum Gasteiger partial charge on any atom is -0.395 e. The molecular formula is C12H17NOS. The Morgan fingerprint density at radius 3 is 3.13 bits per heavy atom. The summed E-state index contributed by atoms with van der Waals surface area (Å²) in [6, 6.07) is 6.45. The van der Waals surface area contributed by atoms with Gasteiger partial charge < -0.3 is 10.8 Å². The van der Waals surface area contributed by atoms with Gasteiger partial charge in [0, 0.05) is 10.9 Å². The van der Waals surface area contributed by atoms with Crippen LogP contribution in [-0.2, 0) is 12.8 Å². The third-order valence-corrected chi connectivity index (χ3v) is 3.91. The average molecular weight is 223 g/mol. The molecule has 0 radical (unpaired) electrons. The van der Waals surface area contributed by atoms with Crippen LogP contribution in [0.15, 0.2) is 23.1 Å². The van der Waals surface area contributed by atoms with Gasteiger partial charge in [-0.25, -0.2) is 0 Å². The van der Waals surface area contributed by atoms with Crippen LogP contribution < -0.4 is 5.73 Å². The van der Waals surface area contributed by atoms with Crippen molar-refractivity contribution in [3.8, 4) is 0 Å². The van der Waals surface area contributed by atoms with E-state index in [2.05, 4.69) is 18.2 Å². The van der Waals surface area contributed by atoms with Crippen LogP contribution in [0.4, 0.5) is 0 Å². The molecular weight excluding hydrogens is 206 g/mol. The van der Waals surface area contributed by atoms with Gasteiger partial charge in [-0.3, -0.25) is 0 Å². The zero-order chi connectivity index (χ0) is 10.7. The van der Waals surface area contributed by atoms with Crippen molar-refractivity contribution in [3.63, 3.8) is 0 Å². The molecule has 1 atom stereocenters. The van der Waals surface area contributed by atoms with Gasteiger partial charge >= 0.3 is 0 Å². The Labute approximate surface area is 94.9 Å². The highest BCUT2D eigenvalue weighted by Crippen LogP contribution is 2.30. The number of hydrogen-bond acceptors (Lipinski definition) is 3. The van der Waals surface area contributed by atoms with E-state index >= 15 is 0 Å². The molecule has 3 heteroatoms. The highest BCUT2D eigenvalue weighted by molar-refractivity contribution is 7.99. The summed E-state index contributed by atoms with van der Waals surface area (Å²) in [4.78, 5) is 1.42. The number of nitrogens with two attached hydrogens (primary N) is 1. The summed E-state index contributed by atoms with van der Waals surface area (Å²) in [5.74, 6) is 1.24. The maximum Gasteiger partial charge on any atom is 0.0585 e. The first kappa shape index (κ1) is 11.0. The number of aryl methyl sites for hydroxylation is 1. The molecule has 1 heterocycles. The van der Waals surface area contributed by atoms with E-state index in [1.807, 2.05) is 11.8 Å². The van der Waals surface area contributed by atoms with E-state index in [1.165, 1.54) is 34.6 Å². The second-order valence-corrected chi connectivity index (χ2v) is 5.18. The first-order valence-corrected chi connectivity index (χ1v) is 6.39. The van der Waals surface area contributed by atoms with Crippen molar-refractivity contribution in [2.24, 2.45) is 5.73 Å². The molecule has 0 aromatic heterocycles. The Balaban J connectivity index is 2.13. The third kappa shape index (κ3) is 2.74. The van der Waals surface area contributed by atoms with Gasteiger partial charge in [0.05, 0.1) is 6.61 Å². The highest BCUT2D eigenvalue weighted by atomic mass is 32.2. The Morgan fingerprint density at radius 1 is 1.47 bits per heavy atom. The van der Waals surface area contributed by atoms with Crippen LogP contribution in [0.5, 0.6) is 0 Å². The predicted molar refractivity (Wildman–Crippen MR) is 64.3 cm³/mol. The van der Waals surface area contributed by atoms with Gasteiger partial charge in [0.25, 0.3) is 0 Å². The zero-order valence-corrected chi connectivity index (χ0v) is 9.59. The quantitative estimate of drug-likeness (QED) is 0.818. The molecule has 82 valence electrons. The SMILES string of the molecule is NC(CO)Cc1ccc2c(c1)CCCS2. The van der Waals surface area contributed by atoms with Crippen molar-refractivity contribution in [3.05, 3.63) is 29.3 Å². The van der Waals surface area contributed by atoms with Crippen molar-refractivity contribution in [1.29, 1.82) is 0 Å². The lowest BCUT2D eigenvalue weighted by Gasteiger charge is -2.17. The van der Waals surface area contributed by atoms with Crippen LogP contribution >= 0.6 is 11.8 Å². The number of thioether (sulfide) groups is 1. The van der Waals surface area contributed by atoms with Crippen molar-refractivity contribution >= 4 is 11.8 Å². The van der Waals surface area contributed by atoms with E-state index in [9.17, 15) is 0 Å². The lowest BCUT2D eigenvalue weighted by Crippen LogP contribution is -2.26. The van der Waals surface area contributed by atoms with Crippen LogP contribution in [0.3, 0.4) is 0 Å². The molecule has 0 fully saturated rings. The second kappa shape index (κ2) is 5.01. The molecule has 0 amide bonds. The van der Waals surface area contributed by atoms with Crippen LogP contribution in [0.2, 0.25) is 0 Å². The first-order valence-electron chi connectivity index (χ1n) is 5.40. The molecule has 0 spiro atoms. The van der Waals surface area contributed by atoms with Gasteiger partial charge in [0.15, 0.2) is 0 Å². The fraction of sp³-hybridized carbons (Fsp3) is 0.500. The van der Waals surface area contributed by atoms with Crippen LogP contribution in [0.1, 0.15) is 17.5 Å². The van der Waals surface area contributed by atoms with E-state index < -0.39 is 0 Å². The Bertz CT molecular complexity index is 340. The molecule has 1 aliphatic rings. The maximum atomic E-state index is 8.91. The van der Waals surface area contributed by atoms with E-state index in [4.69, 9.17) is 10.8 Å².